The lowest BCUT2D eigenvalue weighted by Gasteiger charge is -2.20. The second-order valence-corrected chi connectivity index (χ2v) is 7.47. The molecule has 1 fully saturated rings. The van der Waals surface area contributed by atoms with Crippen molar-refractivity contribution in [2.24, 2.45) is 0 Å². The summed E-state index contributed by atoms with van der Waals surface area (Å²) in [7, 11) is 0. The molecule has 1 aliphatic carbocycles. The first-order chi connectivity index (χ1) is 12.5. The van der Waals surface area contributed by atoms with E-state index in [2.05, 4.69) is 0 Å². The summed E-state index contributed by atoms with van der Waals surface area (Å²) in [6, 6.07) is 12.6. The molecule has 2 aromatic carbocycles. The molecule has 0 aliphatic heterocycles. The van der Waals surface area contributed by atoms with Gasteiger partial charge < -0.3 is 9.32 Å². The van der Waals surface area contributed by atoms with Crippen molar-refractivity contribution in [1.82, 2.24) is 0 Å². The monoisotopic (exact) mass is 372 g/mol. The normalized spacial score (nSPS) is 15.3. The van der Waals surface area contributed by atoms with Crippen LogP contribution in [0, 0.1) is 12.7 Å². The van der Waals surface area contributed by atoms with Crippen LogP contribution in [-0.2, 0) is 13.1 Å². The first kappa shape index (κ1) is 17.3. The summed E-state index contributed by atoms with van der Waals surface area (Å²) in [6.45, 7) is 3.12. The molecule has 1 saturated carbocycles. The van der Waals surface area contributed by atoms with E-state index in [4.69, 9.17) is 16.0 Å². The van der Waals surface area contributed by atoms with E-state index < -0.39 is 0 Å². The van der Waals surface area contributed by atoms with E-state index in [1.165, 1.54) is 17.0 Å². The highest BCUT2D eigenvalue weighted by Gasteiger charge is 2.34. The molecule has 1 unspecified atom stereocenters. The second-order valence-electron chi connectivity index (χ2n) is 7.07. The number of fused-ring (bicyclic) bond motifs is 1. The SMILES string of the molecule is Cc1cc2oc(=O)cc(C[NH+](Cc3ccccc3F)C3CC3)c2cc1Cl. The molecule has 0 bridgehead atoms. The number of hydrogen-bond acceptors (Lipinski definition) is 2. The summed E-state index contributed by atoms with van der Waals surface area (Å²) < 4.78 is 19.4. The Morgan fingerprint density at radius 1 is 1.15 bits per heavy atom. The molecule has 0 saturated heterocycles. The molecule has 26 heavy (non-hydrogen) atoms. The summed E-state index contributed by atoms with van der Waals surface area (Å²) in [4.78, 5) is 13.3. The van der Waals surface area contributed by atoms with Gasteiger partial charge >= 0.3 is 5.63 Å². The fourth-order valence-corrected chi connectivity index (χ4v) is 3.63. The number of hydrogen-bond donors (Lipinski definition) is 1. The molecule has 134 valence electrons. The highest BCUT2D eigenvalue weighted by atomic mass is 35.5. The van der Waals surface area contributed by atoms with E-state index in [1.54, 1.807) is 12.1 Å². The Bertz CT molecular complexity index is 1030. The Kier molecular flexibility index (Phi) is 4.55. The van der Waals surface area contributed by atoms with Crippen LogP contribution in [0.5, 0.6) is 0 Å². The number of halogens is 2. The van der Waals surface area contributed by atoms with Gasteiger partial charge in [-0.2, -0.15) is 0 Å². The van der Waals surface area contributed by atoms with Gasteiger partial charge in [0.05, 0.1) is 6.04 Å². The van der Waals surface area contributed by atoms with Gasteiger partial charge in [-0.1, -0.05) is 29.8 Å². The Hall–Kier alpha value is -2.17. The molecule has 5 heteroatoms. The topological polar surface area (TPSA) is 34.6 Å². The molecular weight excluding hydrogens is 353 g/mol. The standard InChI is InChI=1S/C21H19ClFNO2/c1-13-8-20-17(10-18(13)22)15(9-21(25)26-20)12-24(16-6-7-16)11-14-4-2-3-5-19(14)23/h2-5,8-10,16H,6-7,11-12H2,1H3/p+1. The molecule has 1 atom stereocenters. The molecule has 1 aromatic heterocycles. The molecule has 1 aliphatic rings. The molecule has 3 nitrogen and oxygen atoms in total. The quantitative estimate of drug-likeness (QED) is 0.694. The van der Waals surface area contributed by atoms with Crippen molar-refractivity contribution in [1.29, 1.82) is 0 Å². The molecule has 0 amide bonds. The van der Waals surface area contributed by atoms with E-state index >= 15 is 0 Å². The number of nitrogens with one attached hydrogen (secondary N) is 1. The Labute approximate surface area is 156 Å². The maximum Gasteiger partial charge on any atom is 0.336 e. The smallest absolute Gasteiger partial charge is 0.336 e. The summed E-state index contributed by atoms with van der Waals surface area (Å²) in [5.74, 6) is -0.179. The van der Waals surface area contributed by atoms with Crippen LogP contribution in [0.4, 0.5) is 4.39 Å². The van der Waals surface area contributed by atoms with Gasteiger partial charge in [0.25, 0.3) is 0 Å². The summed E-state index contributed by atoms with van der Waals surface area (Å²) in [5.41, 5.74) is 2.66. The molecule has 0 radical (unpaired) electrons. The van der Waals surface area contributed by atoms with Crippen molar-refractivity contribution < 1.29 is 13.7 Å². The van der Waals surface area contributed by atoms with Gasteiger partial charge in [0.1, 0.15) is 24.5 Å². The largest absolute Gasteiger partial charge is 0.423 e. The fourth-order valence-electron chi connectivity index (χ4n) is 3.47. The maximum atomic E-state index is 14.1. The van der Waals surface area contributed by atoms with Crippen molar-refractivity contribution in [3.63, 3.8) is 0 Å². The van der Waals surface area contributed by atoms with Crippen LogP contribution >= 0.6 is 11.6 Å². The van der Waals surface area contributed by atoms with Crippen molar-refractivity contribution in [2.45, 2.75) is 38.9 Å². The minimum Gasteiger partial charge on any atom is -0.423 e. The first-order valence-corrected chi connectivity index (χ1v) is 9.20. The zero-order valence-electron chi connectivity index (χ0n) is 14.5. The Morgan fingerprint density at radius 3 is 2.62 bits per heavy atom. The van der Waals surface area contributed by atoms with Gasteiger partial charge in [0, 0.05) is 40.4 Å². The number of benzene rings is 2. The molecule has 4 rings (SSSR count). The third-order valence-corrected chi connectivity index (χ3v) is 5.46. The van der Waals surface area contributed by atoms with Crippen LogP contribution in [-0.4, -0.2) is 6.04 Å². The maximum absolute atomic E-state index is 14.1. The van der Waals surface area contributed by atoms with Crippen LogP contribution in [0.3, 0.4) is 0 Å². The van der Waals surface area contributed by atoms with Crippen LogP contribution in [0.2, 0.25) is 5.02 Å². The van der Waals surface area contributed by atoms with E-state index in [0.29, 0.717) is 35.3 Å². The molecule has 1 heterocycles. The third kappa shape index (κ3) is 3.53. The van der Waals surface area contributed by atoms with E-state index in [0.717, 1.165) is 29.4 Å². The first-order valence-electron chi connectivity index (χ1n) is 8.82. The number of aryl methyl sites for hydroxylation is 1. The van der Waals surface area contributed by atoms with Gasteiger partial charge in [-0.25, -0.2) is 9.18 Å². The molecule has 1 N–H and O–H groups in total. The summed E-state index contributed by atoms with van der Waals surface area (Å²) in [5, 5.41) is 1.50. The molecule has 3 aromatic rings. The van der Waals surface area contributed by atoms with Gasteiger partial charge in [0.15, 0.2) is 0 Å². The highest BCUT2D eigenvalue weighted by molar-refractivity contribution is 6.32. The Balaban J connectivity index is 1.71. The zero-order chi connectivity index (χ0) is 18.3. The minimum absolute atomic E-state index is 0.179. The predicted molar refractivity (Wildman–Crippen MR) is 100 cm³/mol. The Morgan fingerprint density at radius 2 is 1.88 bits per heavy atom. The summed E-state index contributed by atoms with van der Waals surface area (Å²) in [6.07, 6.45) is 2.26. The highest BCUT2D eigenvalue weighted by Crippen LogP contribution is 2.25. The van der Waals surface area contributed by atoms with E-state index in [-0.39, 0.29) is 11.4 Å². The minimum atomic E-state index is -0.365. The van der Waals surface area contributed by atoms with Gasteiger partial charge in [-0.3, -0.25) is 0 Å². The predicted octanol–water partition coefficient (Wildman–Crippen LogP) is 3.64. The fraction of sp³-hybridized carbons (Fsp3) is 0.286. The van der Waals surface area contributed by atoms with E-state index in [9.17, 15) is 9.18 Å². The zero-order valence-corrected chi connectivity index (χ0v) is 15.3. The lowest BCUT2D eigenvalue weighted by molar-refractivity contribution is -0.938. The number of rotatable bonds is 5. The van der Waals surface area contributed by atoms with Crippen molar-refractivity contribution in [2.75, 3.05) is 0 Å². The van der Waals surface area contributed by atoms with E-state index in [1.807, 2.05) is 25.1 Å². The van der Waals surface area contributed by atoms with Gasteiger partial charge in [-0.15, -0.1) is 0 Å². The second kappa shape index (κ2) is 6.86. The number of quaternary nitrogens is 1. The van der Waals surface area contributed by atoms with Crippen LogP contribution in [0.25, 0.3) is 11.0 Å². The lowest BCUT2D eigenvalue weighted by atomic mass is 10.1. The van der Waals surface area contributed by atoms with Gasteiger partial charge in [0.2, 0.25) is 0 Å². The average molecular weight is 373 g/mol. The van der Waals surface area contributed by atoms with Crippen LogP contribution < -0.4 is 10.5 Å². The lowest BCUT2D eigenvalue weighted by Crippen LogP contribution is -3.10. The van der Waals surface area contributed by atoms with Crippen molar-refractivity contribution >= 4 is 22.6 Å². The molecule has 0 spiro atoms. The summed E-state index contributed by atoms with van der Waals surface area (Å²) >= 11 is 6.29. The van der Waals surface area contributed by atoms with Crippen molar-refractivity contribution in [3.8, 4) is 0 Å². The van der Waals surface area contributed by atoms with Crippen LogP contribution in [0.1, 0.15) is 29.5 Å². The van der Waals surface area contributed by atoms with Crippen LogP contribution in [0.15, 0.2) is 51.7 Å². The van der Waals surface area contributed by atoms with Gasteiger partial charge in [-0.05, 0) is 30.7 Å². The van der Waals surface area contributed by atoms with Crippen molar-refractivity contribution in [3.05, 3.63) is 80.4 Å². The third-order valence-electron chi connectivity index (χ3n) is 5.06. The molecular formula is C21H20ClFNO2+. The average Bonchev–Trinajstić information content (AvgIpc) is 3.43.